The summed E-state index contributed by atoms with van der Waals surface area (Å²) in [5, 5.41) is 13.4. The highest BCUT2D eigenvalue weighted by atomic mass is 16.5. The largest absolute Gasteiger partial charge is 0.473 e. The standard InChI is InChI=1S/C11H14N2O3/c1-7-2-3-10-9(4-7)11(13-16-10)15-6-8(12)5-14/h2-4,8,14H,5-6,12H2,1H3. The van der Waals surface area contributed by atoms with E-state index in [1.165, 1.54) is 0 Å². The minimum absolute atomic E-state index is 0.116. The SMILES string of the molecule is Cc1ccc2onc(OCC(N)CO)c2c1. The fraction of sp³-hybridized carbons (Fsp3) is 0.364. The average molecular weight is 222 g/mol. The molecule has 0 amide bonds. The van der Waals surface area contributed by atoms with Crippen LogP contribution in [0.3, 0.4) is 0 Å². The van der Waals surface area contributed by atoms with Gasteiger partial charge in [-0.15, -0.1) is 0 Å². The first kappa shape index (κ1) is 10.9. The summed E-state index contributed by atoms with van der Waals surface area (Å²) in [6.07, 6.45) is 0. The maximum Gasteiger partial charge on any atom is 0.262 e. The second-order valence-corrected chi connectivity index (χ2v) is 3.74. The molecule has 16 heavy (non-hydrogen) atoms. The molecule has 0 saturated heterocycles. The van der Waals surface area contributed by atoms with Gasteiger partial charge < -0.3 is 20.1 Å². The smallest absolute Gasteiger partial charge is 0.262 e. The molecular weight excluding hydrogens is 208 g/mol. The van der Waals surface area contributed by atoms with Gasteiger partial charge in [0, 0.05) is 0 Å². The Kier molecular flexibility index (Phi) is 3.07. The van der Waals surface area contributed by atoms with Crippen molar-refractivity contribution < 1.29 is 14.4 Å². The van der Waals surface area contributed by atoms with Crippen molar-refractivity contribution in [2.75, 3.05) is 13.2 Å². The molecule has 3 N–H and O–H groups in total. The maximum atomic E-state index is 8.77. The summed E-state index contributed by atoms with van der Waals surface area (Å²) in [4.78, 5) is 0. The number of nitrogens with two attached hydrogens (primary N) is 1. The van der Waals surface area contributed by atoms with E-state index in [1.54, 1.807) is 0 Å². The molecule has 1 aromatic heterocycles. The normalized spacial score (nSPS) is 12.9. The Balaban J connectivity index is 2.21. The fourth-order valence-electron chi connectivity index (χ4n) is 1.37. The van der Waals surface area contributed by atoms with Crippen molar-refractivity contribution in [3.8, 4) is 5.88 Å². The molecule has 0 bridgehead atoms. The molecular formula is C11H14N2O3. The molecule has 0 fully saturated rings. The van der Waals surface area contributed by atoms with E-state index in [0.29, 0.717) is 11.5 Å². The number of fused-ring (bicyclic) bond motifs is 1. The van der Waals surface area contributed by atoms with Crippen LogP contribution in [0.25, 0.3) is 11.0 Å². The van der Waals surface area contributed by atoms with E-state index in [-0.39, 0.29) is 13.2 Å². The summed E-state index contributed by atoms with van der Waals surface area (Å²) >= 11 is 0. The number of rotatable bonds is 4. The molecule has 86 valence electrons. The summed E-state index contributed by atoms with van der Waals surface area (Å²) in [6.45, 7) is 2.08. The van der Waals surface area contributed by atoms with Crippen LogP contribution >= 0.6 is 0 Å². The Hall–Kier alpha value is -1.59. The van der Waals surface area contributed by atoms with E-state index in [1.807, 2.05) is 25.1 Å². The molecule has 2 rings (SSSR count). The number of benzene rings is 1. The number of aliphatic hydroxyl groups is 1. The van der Waals surface area contributed by atoms with Crippen LogP contribution in [0.4, 0.5) is 0 Å². The summed E-state index contributed by atoms with van der Waals surface area (Å²) < 4.78 is 10.5. The van der Waals surface area contributed by atoms with Gasteiger partial charge >= 0.3 is 0 Å². The lowest BCUT2D eigenvalue weighted by molar-refractivity contribution is 0.198. The molecule has 5 heteroatoms. The van der Waals surface area contributed by atoms with Gasteiger partial charge in [0.15, 0.2) is 5.58 Å². The zero-order valence-electron chi connectivity index (χ0n) is 9.01. The van der Waals surface area contributed by atoms with Crippen molar-refractivity contribution in [2.24, 2.45) is 5.73 Å². The molecule has 0 spiro atoms. The average Bonchev–Trinajstić information content (AvgIpc) is 2.68. The van der Waals surface area contributed by atoms with Gasteiger partial charge in [-0.1, -0.05) is 11.6 Å². The van der Waals surface area contributed by atoms with E-state index in [9.17, 15) is 0 Å². The molecule has 1 atom stereocenters. The second-order valence-electron chi connectivity index (χ2n) is 3.74. The topological polar surface area (TPSA) is 81.5 Å². The van der Waals surface area contributed by atoms with Crippen LogP contribution < -0.4 is 10.5 Å². The quantitative estimate of drug-likeness (QED) is 0.800. The maximum absolute atomic E-state index is 8.77. The van der Waals surface area contributed by atoms with Crippen molar-refractivity contribution >= 4 is 11.0 Å². The third-order valence-corrected chi connectivity index (χ3v) is 2.26. The summed E-state index contributed by atoms with van der Waals surface area (Å²) in [5.74, 6) is 0.419. The second kappa shape index (κ2) is 4.51. The van der Waals surface area contributed by atoms with Crippen LogP contribution in [0.5, 0.6) is 5.88 Å². The highest BCUT2D eigenvalue weighted by Crippen LogP contribution is 2.25. The Morgan fingerprint density at radius 2 is 2.38 bits per heavy atom. The van der Waals surface area contributed by atoms with Crippen LogP contribution in [0.15, 0.2) is 22.7 Å². The summed E-state index contributed by atoms with van der Waals surface area (Å²) in [5.41, 5.74) is 7.31. The van der Waals surface area contributed by atoms with Gasteiger partial charge in [0.25, 0.3) is 5.88 Å². The van der Waals surface area contributed by atoms with E-state index < -0.39 is 6.04 Å². The van der Waals surface area contributed by atoms with Gasteiger partial charge in [-0.3, -0.25) is 0 Å². The number of aromatic nitrogens is 1. The van der Waals surface area contributed by atoms with Gasteiger partial charge in [0.05, 0.1) is 18.0 Å². The van der Waals surface area contributed by atoms with Gasteiger partial charge in [-0.2, -0.15) is 0 Å². The van der Waals surface area contributed by atoms with Crippen LogP contribution in [-0.2, 0) is 0 Å². The van der Waals surface area contributed by atoms with Crippen LogP contribution in [0.1, 0.15) is 5.56 Å². The number of hydrogen-bond donors (Lipinski definition) is 2. The predicted octanol–water partition coefficient (Wildman–Crippen LogP) is 0.835. The minimum atomic E-state index is -0.406. The third kappa shape index (κ3) is 2.15. The van der Waals surface area contributed by atoms with Crippen molar-refractivity contribution in [2.45, 2.75) is 13.0 Å². The Labute approximate surface area is 92.8 Å². The highest BCUT2D eigenvalue weighted by Gasteiger charge is 2.10. The number of ether oxygens (including phenoxy) is 1. The molecule has 0 aliphatic rings. The highest BCUT2D eigenvalue weighted by molar-refractivity contribution is 5.82. The van der Waals surface area contributed by atoms with Gasteiger partial charge in [0.1, 0.15) is 6.61 Å². The van der Waals surface area contributed by atoms with Gasteiger partial charge in [0.2, 0.25) is 0 Å². The number of nitrogens with zero attached hydrogens (tertiary/aromatic N) is 1. The Morgan fingerprint density at radius 3 is 3.12 bits per heavy atom. The first-order valence-corrected chi connectivity index (χ1v) is 5.06. The number of aliphatic hydroxyl groups excluding tert-OH is 1. The van der Waals surface area contributed by atoms with Gasteiger partial charge in [-0.25, -0.2) is 0 Å². The van der Waals surface area contributed by atoms with E-state index in [0.717, 1.165) is 10.9 Å². The number of hydrogen-bond acceptors (Lipinski definition) is 5. The lowest BCUT2D eigenvalue weighted by Gasteiger charge is -2.07. The lowest BCUT2D eigenvalue weighted by atomic mass is 10.2. The van der Waals surface area contributed by atoms with E-state index in [4.69, 9.17) is 20.1 Å². The van der Waals surface area contributed by atoms with E-state index >= 15 is 0 Å². The Bertz CT molecular complexity index is 481. The third-order valence-electron chi connectivity index (χ3n) is 2.26. The summed E-state index contributed by atoms with van der Waals surface area (Å²) in [6, 6.07) is 5.32. The molecule has 5 nitrogen and oxygen atoms in total. The summed E-state index contributed by atoms with van der Waals surface area (Å²) in [7, 11) is 0. The predicted molar refractivity (Wildman–Crippen MR) is 59.3 cm³/mol. The van der Waals surface area contributed by atoms with Crippen molar-refractivity contribution in [1.29, 1.82) is 0 Å². The monoisotopic (exact) mass is 222 g/mol. The van der Waals surface area contributed by atoms with Crippen molar-refractivity contribution in [1.82, 2.24) is 5.16 Å². The first-order valence-electron chi connectivity index (χ1n) is 5.06. The molecule has 1 aromatic carbocycles. The zero-order valence-corrected chi connectivity index (χ0v) is 9.01. The molecule has 1 heterocycles. The van der Waals surface area contributed by atoms with E-state index in [2.05, 4.69) is 5.16 Å². The zero-order chi connectivity index (χ0) is 11.5. The fourth-order valence-corrected chi connectivity index (χ4v) is 1.37. The number of aryl methyl sites for hydroxylation is 1. The Morgan fingerprint density at radius 1 is 1.56 bits per heavy atom. The van der Waals surface area contributed by atoms with Gasteiger partial charge in [-0.05, 0) is 24.2 Å². The molecule has 0 aliphatic heterocycles. The van der Waals surface area contributed by atoms with Crippen LogP contribution in [-0.4, -0.2) is 29.5 Å². The van der Waals surface area contributed by atoms with Crippen molar-refractivity contribution in [3.63, 3.8) is 0 Å². The molecule has 0 aliphatic carbocycles. The van der Waals surface area contributed by atoms with Crippen LogP contribution in [0.2, 0.25) is 0 Å². The molecule has 1 unspecified atom stereocenters. The minimum Gasteiger partial charge on any atom is -0.473 e. The van der Waals surface area contributed by atoms with Crippen LogP contribution in [0, 0.1) is 6.92 Å². The molecule has 0 radical (unpaired) electrons. The van der Waals surface area contributed by atoms with Crippen molar-refractivity contribution in [3.05, 3.63) is 23.8 Å². The first-order chi connectivity index (χ1) is 7.70. The molecule has 2 aromatic rings. The lowest BCUT2D eigenvalue weighted by Crippen LogP contribution is -2.31. The molecule has 0 saturated carbocycles.